The summed E-state index contributed by atoms with van der Waals surface area (Å²) in [6.07, 6.45) is 0. The Kier molecular flexibility index (Phi) is 5.25. The Morgan fingerprint density at radius 3 is 1.94 bits per heavy atom. The summed E-state index contributed by atoms with van der Waals surface area (Å²) in [7, 11) is 0. The van der Waals surface area contributed by atoms with Gasteiger partial charge in [0.1, 0.15) is 11.6 Å². The number of fused-ring (bicyclic) bond motifs is 1. The number of anilines is 3. The number of aromatic nitrogens is 4. The van der Waals surface area contributed by atoms with Crippen molar-refractivity contribution in [1.82, 2.24) is 19.7 Å². The van der Waals surface area contributed by atoms with Gasteiger partial charge < -0.3 is 15.5 Å². The first-order valence-electron chi connectivity index (χ1n) is 11.6. The van der Waals surface area contributed by atoms with Crippen LogP contribution in [0.2, 0.25) is 0 Å². The van der Waals surface area contributed by atoms with Crippen LogP contribution in [-0.4, -0.2) is 45.9 Å². The zero-order valence-corrected chi connectivity index (χ0v) is 19.0. The van der Waals surface area contributed by atoms with Crippen molar-refractivity contribution in [2.75, 3.05) is 41.7 Å². The normalized spacial score (nSPS) is 14.0. The molecule has 8 heteroatoms. The number of nitrogens with zero attached hydrogens (tertiary/aromatic N) is 6. The first kappa shape index (κ1) is 21.1. The zero-order valence-electron chi connectivity index (χ0n) is 19.0. The molecule has 0 radical (unpaired) electrons. The van der Waals surface area contributed by atoms with Crippen molar-refractivity contribution in [3.63, 3.8) is 0 Å². The molecule has 0 saturated carbocycles. The summed E-state index contributed by atoms with van der Waals surface area (Å²) >= 11 is 0. The van der Waals surface area contributed by atoms with E-state index in [1.807, 2.05) is 36.4 Å². The van der Waals surface area contributed by atoms with Gasteiger partial charge in [0.15, 0.2) is 5.65 Å². The molecule has 2 aromatic heterocycles. The average molecular weight is 466 g/mol. The van der Waals surface area contributed by atoms with Crippen molar-refractivity contribution < 1.29 is 4.39 Å². The van der Waals surface area contributed by atoms with E-state index in [1.54, 1.807) is 16.8 Å². The highest BCUT2D eigenvalue weighted by molar-refractivity contribution is 5.99. The Hall–Kier alpha value is -4.46. The van der Waals surface area contributed by atoms with Gasteiger partial charge in [-0.1, -0.05) is 36.4 Å². The number of hydrogen-bond acceptors (Lipinski definition) is 6. The second kappa shape index (κ2) is 8.72. The van der Waals surface area contributed by atoms with Crippen LogP contribution in [0, 0.1) is 5.82 Å². The molecule has 0 atom stereocenters. The molecular weight excluding hydrogens is 441 g/mol. The fraction of sp³-hybridized carbons (Fsp3) is 0.148. The summed E-state index contributed by atoms with van der Waals surface area (Å²) in [6.45, 7) is 3.27. The van der Waals surface area contributed by atoms with Crippen LogP contribution in [0.1, 0.15) is 0 Å². The van der Waals surface area contributed by atoms with E-state index in [-0.39, 0.29) is 5.82 Å². The summed E-state index contributed by atoms with van der Waals surface area (Å²) < 4.78 is 15.4. The number of benzene rings is 3. The maximum absolute atomic E-state index is 13.7. The van der Waals surface area contributed by atoms with Crippen molar-refractivity contribution in [3.05, 3.63) is 90.7 Å². The highest BCUT2D eigenvalue weighted by Gasteiger charge is 2.24. The SMILES string of the molecule is Nc1c2c(-c3ccc(F)cc3)nc(N3CCN(c4ccccc4)CC3)nc2nn1-c1ccccc1. The van der Waals surface area contributed by atoms with E-state index in [0.29, 0.717) is 28.5 Å². The standard InChI is InChI=1S/C27H24FN7/c28-20-13-11-19(12-14-20)24-23-25(29)35(22-9-5-2-6-10-22)32-26(23)31-27(30-24)34-17-15-33(16-18-34)21-7-3-1-4-8-21/h1-14H,15-18,29H2. The van der Waals surface area contributed by atoms with Gasteiger partial charge in [0.05, 0.1) is 16.8 Å². The number of rotatable bonds is 4. The molecule has 1 aliphatic heterocycles. The average Bonchev–Trinajstić information content (AvgIpc) is 3.26. The van der Waals surface area contributed by atoms with Gasteiger partial charge in [0.2, 0.25) is 5.95 Å². The van der Waals surface area contributed by atoms with Gasteiger partial charge >= 0.3 is 0 Å². The van der Waals surface area contributed by atoms with Gasteiger partial charge in [-0.2, -0.15) is 4.98 Å². The number of halogens is 1. The quantitative estimate of drug-likeness (QED) is 0.420. The molecule has 3 aromatic carbocycles. The van der Waals surface area contributed by atoms with Crippen LogP contribution >= 0.6 is 0 Å². The highest BCUT2D eigenvalue weighted by Crippen LogP contribution is 2.34. The summed E-state index contributed by atoms with van der Waals surface area (Å²) in [4.78, 5) is 14.3. The van der Waals surface area contributed by atoms with E-state index < -0.39 is 0 Å². The number of para-hydroxylation sites is 2. The van der Waals surface area contributed by atoms with Crippen LogP contribution in [0.15, 0.2) is 84.9 Å². The predicted octanol–water partition coefficient (Wildman–Crippen LogP) is 4.53. The van der Waals surface area contributed by atoms with Crippen molar-refractivity contribution >= 4 is 28.5 Å². The second-order valence-electron chi connectivity index (χ2n) is 8.52. The van der Waals surface area contributed by atoms with E-state index >= 15 is 0 Å². The van der Waals surface area contributed by atoms with Crippen LogP contribution in [0.4, 0.5) is 21.8 Å². The van der Waals surface area contributed by atoms with Crippen LogP contribution in [-0.2, 0) is 0 Å². The van der Waals surface area contributed by atoms with E-state index in [0.717, 1.165) is 37.4 Å². The van der Waals surface area contributed by atoms with E-state index in [9.17, 15) is 4.39 Å². The maximum atomic E-state index is 13.7. The third kappa shape index (κ3) is 3.93. The monoisotopic (exact) mass is 465 g/mol. The number of hydrogen-bond donors (Lipinski definition) is 1. The maximum Gasteiger partial charge on any atom is 0.228 e. The van der Waals surface area contributed by atoms with Gasteiger partial charge in [-0.3, -0.25) is 0 Å². The van der Waals surface area contributed by atoms with E-state index in [2.05, 4.69) is 34.1 Å². The lowest BCUT2D eigenvalue weighted by atomic mass is 10.1. The molecule has 6 rings (SSSR count). The van der Waals surface area contributed by atoms with E-state index in [4.69, 9.17) is 20.8 Å². The zero-order chi connectivity index (χ0) is 23.8. The van der Waals surface area contributed by atoms with Crippen LogP contribution in [0.5, 0.6) is 0 Å². The molecule has 1 fully saturated rings. The minimum atomic E-state index is -0.302. The lowest BCUT2D eigenvalue weighted by Crippen LogP contribution is -2.47. The Balaban J connectivity index is 1.42. The first-order chi connectivity index (χ1) is 17.2. The molecule has 0 bridgehead atoms. The largest absolute Gasteiger partial charge is 0.383 e. The second-order valence-corrected chi connectivity index (χ2v) is 8.52. The minimum Gasteiger partial charge on any atom is -0.383 e. The van der Waals surface area contributed by atoms with Gasteiger partial charge in [-0.25, -0.2) is 14.1 Å². The molecule has 2 N–H and O–H groups in total. The van der Waals surface area contributed by atoms with Crippen molar-refractivity contribution in [3.8, 4) is 16.9 Å². The Bertz CT molecular complexity index is 1460. The number of nitrogen functional groups attached to an aromatic ring is 1. The lowest BCUT2D eigenvalue weighted by Gasteiger charge is -2.36. The molecular formula is C27H24FN7. The fourth-order valence-electron chi connectivity index (χ4n) is 4.53. The molecule has 7 nitrogen and oxygen atoms in total. The van der Waals surface area contributed by atoms with Gasteiger partial charge in [0, 0.05) is 37.4 Å². The van der Waals surface area contributed by atoms with Crippen LogP contribution in [0.25, 0.3) is 28.0 Å². The predicted molar refractivity (Wildman–Crippen MR) is 137 cm³/mol. The molecule has 1 aliphatic rings. The highest BCUT2D eigenvalue weighted by atomic mass is 19.1. The number of nitrogens with two attached hydrogens (primary N) is 1. The van der Waals surface area contributed by atoms with Crippen molar-refractivity contribution in [2.24, 2.45) is 0 Å². The third-order valence-electron chi connectivity index (χ3n) is 6.36. The Labute approximate surface area is 202 Å². The Morgan fingerprint density at radius 1 is 0.686 bits per heavy atom. The minimum absolute atomic E-state index is 0.302. The summed E-state index contributed by atoms with van der Waals surface area (Å²) in [5.41, 5.74) is 10.6. The molecule has 1 saturated heterocycles. The van der Waals surface area contributed by atoms with Crippen molar-refractivity contribution in [1.29, 1.82) is 0 Å². The summed E-state index contributed by atoms with van der Waals surface area (Å²) in [6, 6.07) is 26.4. The molecule has 174 valence electrons. The van der Waals surface area contributed by atoms with Gasteiger partial charge in [0.25, 0.3) is 0 Å². The molecule has 5 aromatic rings. The topological polar surface area (TPSA) is 76.1 Å². The molecule has 0 amide bonds. The van der Waals surface area contributed by atoms with Gasteiger partial charge in [-0.15, -0.1) is 5.10 Å². The molecule has 3 heterocycles. The Morgan fingerprint density at radius 2 is 1.29 bits per heavy atom. The summed E-state index contributed by atoms with van der Waals surface area (Å²) in [5.74, 6) is 0.748. The van der Waals surface area contributed by atoms with E-state index in [1.165, 1.54) is 17.8 Å². The molecule has 0 aliphatic carbocycles. The molecule has 0 spiro atoms. The van der Waals surface area contributed by atoms with Crippen LogP contribution < -0.4 is 15.5 Å². The third-order valence-corrected chi connectivity index (χ3v) is 6.36. The molecule has 35 heavy (non-hydrogen) atoms. The first-order valence-corrected chi connectivity index (χ1v) is 11.6. The smallest absolute Gasteiger partial charge is 0.228 e. The number of piperazine rings is 1. The summed E-state index contributed by atoms with van der Waals surface area (Å²) in [5, 5.41) is 5.39. The molecule has 0 unspecified atom stereocenters. The van der Waals surface area contributed by atoms with Gasteiger partial charge in [-0.05, 0) is 48.5 Å². The lowest BCUT2D eigenvalue weighted by molar-refractivity contribution is 0.628. The fourth-order valence-corrected chi connectivity index (χ4v) is 4.53. The van der Waals surface area contributed by atoms with Crippen molar-refractivity contribution in [2.45, 2.75) is 0 Å². The van der Waals surface area contributed by atoms with Crippen LogP contribution in [0.3, 0.4) is 0 Å².